The molecule has 1 aromatic rings. The van der Waals surface area contributed by atoms with Crippen LogP contribution in [0.15, 0.2) is 17.5 Å². The molecule has 3 rings (SSSR count). The first-order chi connectivity index (χ1) is 15.2. The van der Waals surface area contributed by atoms with E-state index in [1.165, 1.54) is 18.3 Å². The lowest BCUT2D eigenvalue weighted by Gasteiger charge is -2.33. The van der Waals surface area contributed by atoms with Crippen LogP contribution in [0.25, 0.3) is 0 Å². The highest BCUT2D eigenvalue weighted by molar-refractivity contribution is 7.10. The van der Waals surface area contributed by atoms with Crippen LogP contribution in [0.5, 0.6) is 0 Å². The Morgan fingerprint density at radius 1 is 1.34 bits per heavy atom. The molecule has 1 N–H and O–H groups in total. The van der Waals surface area contributed by atoms with Crippen molar-refractivity contribution in [3.8, 4) is 0 Å². The van der Waals surface area contributed by atoms with E-state index in [-0.39, 0.29) is 32.5 Å². The molecule has 2 aliphatic heterocycles. The maximum absolute atomic E-state index is 12.9. The molecule has 2 saturated heterocycles. The molecule has 0 bridgehead atoms. The lowest BCUT2D eigenvalue weighted by atomic mass is 10.1. The van der Waals surface area contributed by atoms with Gasteiger partial charge < -0.3 is 24.3 Å². The second kappa shape index (κ2) is 9.96. The number of hydrogen-bond donors (Lipinski definition) is 1. The van der Waals surface area contributed by atoms with Gasteiger partial charge in [0, 0.05) is 18.2 Å². The predicted molar refractivity (Wildman–Crippen MR) is 104 cm³/mol. The fraction of sp³-hybridized carbons (Fsp3) is 0.526. The number of carbonyl (C=O) groups is 5. The van der Waals surface area contributed by atoms with Crippen molar-refractivity contribution in [3.63, 3.8) is 0 Å². The molecule has 2 fully saturated rings. The van der Waals surface area contributed by atoms with Gasteiger partial charge in [0.25, 0.3) is 5.91 Å². The number of hydrogen-bond acceptors (Lipinski definition) is 11. The highest BCUT2D eigenvalue weighted by atomic mass is 32.1. The van der Waals surface area contributed by atoms with E-state index in [2.05, 4.69) is 10.1 Å². The van der Waals surface area contributed by atoms with E-state index in [1.807, 2.05) is 5.38 Å². The Kier molecular flexibility index (Phi) is 7.30. The van der Waals surface area contributed by atoms with Crippen LogP contribution in [0.3, 0.4) is 0 Å². The third kappa shape index (κ3) is 5.16. The topological polar surface area (TPSA) is 147 Å². The maximum Gasteiger partial charge on any atom is 0.511 e. The molecule has 2 aliphatic rings. The van der Waals surface area contributed by atoms with Gasteiger partial charge in [-0.2, -0.15) is 5.06 Å². The minimum absolute atomic E-state index is 0.0523. The van der Waals surface area contributed by atoms with Crippen LogP contribution >= 0.6 is 11.3 Å². The number of rotatable bonds is 8. The highest BCUT2D eigenvalue weighted by Crippen LogP contribution is 2.35. The number of cyclic esters (lactones) is 1. The number of nitrogens with one attached hydrogen (secondary N) is 1. The van der Waals surface area contributed by atoms with Crippen molar-refractivity contribution in [2.45, 2.75) is 51.2 Å². The standard InChI is InChI=1S/C19H22N2O10S/c1-3-27-18(26)30-11(2)29-17(25)19(7-6-15(23)31-19)21-16(24)13(10-28-21)20-14(22)9-12-5-4-8-32-12/h4-5,8,11,13H,3,6-7,9-10H2,1-2H3,(H,20,22)/t11?,13-,19?/m0/s1. The average Bonchev–Trinajstić information content (AvgIpc) is 3.44. The van der Waals surface area contributed by atoms with Crippen molar-refractivity contribution in [2.24, 2.45) is 0 Å². The van der Waals surface area contributed by atoms with Crippen molar-refractivity contribution >= 4 is 41.2 Å². The van der Waals surface area contributed by atoms with Crippen molar-refractivity contribution in [1.29, 1.82) is 0 Å². The molecule has 3 atom stereocenters. The molecule has 0 radical (unpaired) electrons. The lowest BCUT2D eigenvalue weighted by molar-refractivity contribution is -0.265. The summed E-state index contributed by atoms with van der Waals surface area (Å²) in [6, 6.07) is 2.50. The van der Waals surface area contributed by atoms with E-state index in [9.17, 15) is 24.0 Å². The summed E-state index contributed by atoms with van der Waals surface area (Å²) in [5.74, 6) is -3.11. The quantitative estimate of drug-likeness (QED) is 0.326. The summed E-state index contributed by atoms with van der Waals surface area (Å²) in [6.45, 7) is 2.60. The summed E-state index contributed by atoms with van der Waals surface area (Å²) < 4.78 is 19.6. The molecule has 0 aromatic carbocycles. The summed E-state index contributed by atoms with van der Waals surface area (Å²) >= 11 is 1.40. The van der Waals surface area contributed by atoms with E-state index < -0.39 is 48.0 Å². The number of amides is 2. The maximum atomic E-state index is 12.9. The molecule has 174 valence electrons. The van der Waals surface area contributed by atoms with Crippen LogP contribution in [0.1, 0.15) is 31.6 Å². The van der Waals surface area contributed by atoms with Crippen molar-refractivity contribution < 1.29 is 47.8 Å². The largest absolute Gasteiger partial charge is 0.511 e. The van der Waals surface area contributed by atoms with E-state index in [0.29, 0.717) is 5.06 Å². The minimum atomic E-state index is -2.20. The fourth-order valence-electron chi connectivity index (χ4n) is 3.11. The van der Waals surface area contributed by atoms with Crippen LogP contribution in [0.4, 0.5) is 4.79 Å². The van der Waals surface area contributed by atoms with Crippen molar-refractivity contribution in [3.05, 3.63) is 22.4 Å². The van der Waals surface area contributed by atoms with Crippen LogP contribution in [0, 0.1) is 0 Å². The predicted octanol–water partition coefficient (Wildman–Crippen LogP) is 0.645. The van der Waals surface area contributed by atoms with Gasteiger partial charge in [0.2, 0.25) is 12.2 Å². The Morgan fingerprint density at radius 2 is 2.12 bits per heavy atom. The first-order valence-electron chi connectivity index (χ1n) is 9.80. The van der Waals surface area contributed by atoms with Gasteiger partial charge in [-0.05, 0) is 18.4 Å². The van der Waals surface area contributed by atoms with Gasteiger partial charge >= 0.3 is 23.8 Å². The molecule has 1 aromatic heterocycles. The molecule has 0 saturated carbocycles. The number of hydroxylamine groups is 2. The molecule has 2 amide bonds. The zero-order valence-electron chi connectivity index (χ0n) is 17.4. The average molecular weight is 470 g/mol. The van der Waals surface area contributed by atoms with Crippen LogP contribution < -0.4 is 5.32 Å². The van der Waals surface area contributed by atoms with Gasteiger partial charge in [0.1, 0.15) is 12.6 Å². The Morgan fingerprint density at radius 3 is 2.75 bits per heavy atom. The summed E-state index contributed by atoms with van der Waals surface area (Å²) in [4.78, 5) is 67.3. The normalized spacial score (nSPS) is 23.4. The smallest absolute Gasteiger partial charge is 0.435 e. The van der Waals surface area contributed by atoms with E-state index in [1.54, 1.807) is 19.1 Å². The Bertz CT molecular complexity index is 889. The molecule has 12 nitrogen and oxygen atoms in total. The minimum Gasteiger partial charge on any atom is -0.435 e. The Balaban J connectivity index is 1.67. The molecule has 0 aliphatic carbocycles. The molecule has 2 unspecified atom stereocenters. The van der Waals surface area contributed by atoms with Gasteiger partial charge in [0.15, 0.2) is 0 Å². The number of thiophene rings is 1. The van der Waals surface area contributed by atoms with Gasteiger partial charge in [-0.3, -0.25) is 19.2 Å². The zero-order valence-corrected chi connectivity index (χ0v) is 18.2. The summed E-state index contributed by atoms with van der Waals surface area (Å²) in [5.41, 5.74) is -2.20. The summed E-state index contributed by atoms with van der Waals surface area (Å²) in [5, 5.41) is 4.97. The molecule has 13 heteroatoms. The Hall–Kier alpha value is -3.19. The number of esters is 2. The van der Waals surface area contributed by atoms with Gasteiger partial charge in [-0.15, -0.1) is 11.3 Å². The van der Waals surface area contributed by atoms with Crippen molar-refractivity contribution in [2.75, 3.05) is 13.2 Å². The van der Waals surface area contributed by atoms with Crippen LogP contribution in [-0.2, 0) is 49.4 Å². The summed E-state index contributed by atoms with van der Waals surface area (Å²) in [7, 11) is 0. The molecule has 32 heavy (non-hydrogen) atoms. The van der Waals surface area contributed by atoms with Crippen LogP contribution in [-0.4, -0.2) is 66.2 Å². The molecular formula is C19H22N2O10S. The highest BCUT2D eigenvalue weighted by Gasteiger charge is 2.60. The monoisotopic (exact) mass is 470 g/mol. The number of ether oxygens (including phenoxy) is 4. The third-order valence-electron chi connectivity index (χ3n) is 4.51. The first-order valence-corrected chi connectivity index (χ1v) is 10.7. The second-order valence-corrected chi connectivity index (χ2v) is 7.87. The zero-order chi connectivity index (χ0) is 23.3. The SMILES string of the molecule is CCOC(=O)OC(C)OC(=O)C1(N2OC[C@H](NC(=O)Cc3cccs3)C2=O)CCC(=O)O1. The Labute approximate surface area is 186 Å². The van der Waals surface area contributed by atoms with E-state index in [0.717, 1.165) is 4.88 Å². The molecular weight excluding hydrogens is 448 g/mol. The van der Waals surface area contributed by atoms with Gasteiger partial charge in [-0.1, -0.05) is 6.07 Å². The third-order valence-corrected chi connectivity index (χ3v) is 5.39. The van der Waals surface area contributed by atoms with Crippen LogP contribution in [0.2, 0.25) is 0 Å². The molecule has 0 spiro atoms. The van der Waals surface area contributed by atoms with Crippen molar-refractivity contribution in [1.82, 2.24) is 10.4 Å². The van der Waals surface area contributed by atoms with Gasteiger partial charge in [0.05, 0.1) is 19.4 Å². The fourth-order valence-corrected chi connectivity index (χ4v) is 3.82. The summed E-state index contributed by atoms with van der Waals surface area (Å²) in [6.07, 6.45) is -2.79. The van der Waals surface area contributed by atoms with E-state index >= 15 is 0 Å². The number of carbonyl (C=O) groups excluding carboxylic acids is 5. The second-order valence-electron chi connectivity index (χ2n) is 6.84. The first kappa shape index (κ1) is 23.5. The number of nitrogens with zero attached hydrogens (tertiary/aromatic N) is 1. The lowest BCUT2D eigenvalue weighted by Crippen LogP contribution is -2.58. The van der Waals surface area contributed by atoms with E-state index in [4.69, 9.17) is 19.0 Å². The molecule has 3 heterocycles. The van der Waals surface area contributed by atoms with Gasteiger partial charge in [-0.25, -0.2) is 9.59 Å².